The first-order valence-corrected chi connectivity index (χ1v) is 10.1. The van der Waals surface area contributed by atoms with Crippen LogP contribution in [0.3, 0.4) is 0 Å². The minimum Gasteiger partial charge on any atom is -0.355 e. The second-order valence-corrected chi connectivity index (χ2v) is 8.57. The molecular weight excluding hydrogens is 338 g/mol. The molecule has 5 heteroatoms. The maximum atomic E-state index is 13.0. The van der Waals surface area contributed by atoms with Gasteiger partial charge in [-0.25, -0.2) is 0 Å². The van der Waals surface area contributed by atoms with Crippen LogP contribution in [-0.4, -0.2) is 43.9 Å². The lowest BCUT2D eigenvalue weighted by Gasteiger charge is -2.22. The Morgan fingerprint density at radius 3 is 2.04 bits per heavy atom. The molecule has 0 unspecified atom stereocenters. The lowest BCUT2D eigenvalue weighted by Crippen LogP contribution is -2.41. The molecule has 1 saturated carbocycles. The zero-order valence-corrected chi connectivity index (χ0v) is 17.7. The summed E-state index contributed by atoms with van der Waals surface area (Å²) in [5, 5.41) is 6.08. The number of carbonyl (C=O) groups excluding carboxylic acids is 2. The summed E-state index contributed by atoms with van der Waals surface area (Å²) in [7, 11) is 4.02. The van der Waals surface area contributed by atoms with E-state index in [1.165, 1.54) is 0 Å². The predicted molar refractivity (Wildman–Crippen MR) is 111 cm³/mol. The molecule has 1 aromatic carbocycles. The number of anilines is 1. The number of hydrogen-bond donors (Lipinski definition) is 2. The highest BCUT2D eigenvalue weighted by atomic mass is 16.2. The van der Waals surface area contributed by atoms with Crippen molar-refractivity contribution in [2.24, 2.45) is 5.41 Å². The fourth-order valence-corrected chi connectivity index (χ4v) is 3.38. The Labute approximate surface area is 163 Å². The van der Waals surface area contributed by atoms with Crippen molar-refractivity contribution in [1.82, 2.24) is 10.2 Å². The molecule has 0 saturated heterocycles. The molecule has 0 radical (unpaired) electrons. The predicted octanol–water partition coefficient (Wildman–Crippen LogP) is 3.72. The third-order valence-electron chi connectivity index (χ3n) is 5.30. The van der Waals surface area contributed by atoms with Gasteiger partial charge in [-0.15, -0.1) is 0 Å². The molecule has 150 valence electrons. The van der Waals surface area contributed by atoms with E-state index >= 15 is 0 Å². The summed E-state index contributed by atoms with van der Waals surface area (Å²) in [6.45, 7) is 10.0. The Morgan fingerprint density at radius 1 is 1.04 bits per heavy atom. The van der Waals surface area contributed by atoms with E-state index in [2.05, 4.69) is 55.4 Å². The summed E-state index contributed by atoms with van der Waals surface area (Å²) in [4.78, 5) is 27.8. The second kappa shape index (κ2) is 8.87. The van der Waals surface area contributed by atoms with Crippen LogP contribution in [0.2, 0.25) is 0 Å². The monoisotopic (exact) mass is 373 g/mol. The first-order valence-electron chi connectivity index (χ1n) is 10.1. The van der Waals surface area contributed by atoms with Gasteiger partial charge in [0.2, 0.25) is 11.8 Å². The molecule has 0 aromatic heterocycles. The van der Waals surface area contributed by atoms with Gasteiger partial charge in [-0.05, 0) is 62.9 Å². The number of nitrogens with zero attached hydrogens (tertiary/aromatic N) is 1. The van der Waals surface area contributed by atoms with Gasteiger partial charge in [-0.1, -0.05) is 45.9 Å². The molecule has 0 atom stereocenters. The van der Waals surface area contributed by atoms with Crippen molar-refractivity contribution < 1.29 is 9.59 Å². The lowest BCUT2D eigenvalue weighted by atomic mass is 9.92. The van der Waals surface area contributed by atoms with E-state index < -0.39 is 5.41 Å². The number of para-hydroxylation sites is 1. The van der Waals surface area contributed by atoms with Gasteiger partial charge < -0.3 is 15.5 Å². The zero-order chi connectivity index (χ0) is 20.2. The lowest BCUT2D eigenvalue weighted by molar-refractivity contribution is -0.134. The molecule has 0 aliphatic heterocycles. The van der Waals surface area contributed by atoms with Gasteiger partial charge in [-0.3, -0.25) is 9.59 Å². The van der Waals surface area contributed by atoms with Crippen molar-refractivity contribution in [2.75, 3.05) is 32.5 Å². The molecular formula is C22H35N3O2. The van der Waals surface area contributed by atoms with E-state index in [4.69, 9.17) is 0 Å². The molecule has 5 nitrogen and oxygen atoms in total. The van der Waals surface area contributed by atoms with Crippen molar-refractivity contribution in [3.63, 3.8) is 0 Å². The Kier molecular flexibility index (Phi) is 7.04. The van der Waals surface area contributed by atoms with Crippen molar-refractivity contribution in [2.45, 2.75) is 58.8 Å². The van der Waals surface area contributed by atoms with Crippen LogP contribution in [0.5, 0.6) is 0 Å². The Hall–Kier alpha value is -1.88. The van der Waals surface area contributed by atoms with E-state index in [1.54, 1.807) is 0 Å². The molecule has 1 aromatic rings. The molecule has 1 aliphatic rings. The summed E-state index contributed by atoms with van der Waals surface area (Å²) in [5.41, 5.74) is 2.24. The highest BCUT2D eigenvalue weighted by Crippen LogP contribution is 2.47. The molecule has 2 amide bonds. The smallest absolute Gasteiger partial charge is 0.240 e. The Balaban J connectivity index is 2.11. The van der Waals surface area contributed by atoms with E-state index in [-0.39, 0.29) is 11.8 Å². The number of rotatable bonds is 9. The fraction of sp³-hybridized carbons (Fsp3) is 0.636. The largest absolute Gasteiger partial charge is 0.355 e. The van der Waals surface area contributed by atoms with Crippen LogP contribution in [0.25, 0.3) is 0 Å². The number of benzene rings is 1. The zero-order valence-electron chi connectivity index (χ0n) is 17.7. The molecule has 2 N–H and O–H groups in total. The molecule has 0 heterocycles. The molecule has 1 aliphatic carbocycles. The summed E-state index contributed by atoms with van der Waals surface area (Å²) >= 11 is 0. The van der Waals surface area contributed by atoms with Crippen molar-refractivity contribution in [3.05, 3.63) is 29.3 Å². The van der Waals surface area contributed by atoms with Crippen LogP contribution < -0.4 is 10.6 Å². The number of hydrogen-bond acceptors (Lipinski definition) is 3. The maximum absolute atomic E-state index is 13.0. The van der Waals surface area contributed by atoms with Crippen LogP contribution in [0.4, 0.5) is 5.69 Å². The Morgan fingerprint density at radius 2 is 1.59 bits per heavy atom. The van der Waals surface area contributed by atoms with Gasteiger partial charge in [-0.2, -0.15) is 0 Å². The van der Waals surface area contributed by atoms with Gasteiger partial charge in [0.25, 0.3) is 0 Å². The minimum absolute atomic E-state index is 0.133. The Bertz CT molecular complexity index is 650. The summed E-state index contributed by atoms with van der Waals surface area (Å²) in [6.07, 6.45) is 2.13. The fourth-order valence-electron chi connectivity index (χ4n) is 3.38. The van der Waals surface area contributed by atoms with Crippen LogP contribution in [0.15, 0.2) is 18.2 Å². The highest BCUT2D eigenvalue weighted by molar-refractivity contribution is 6.13. The van der Waals surface area contributed by atoms with Gasteiger partial charge in [0.05, 0.1) is 0 Å². The second-order valence-electron chi connectivity index (χ2n) is 8.57. The van der Waals surface area contributed by atoms with Crippen molar-refractivity contribution in [3.8, 4) is 0 Å². The maximum Gasteiger partial charge on any atom is 0.240 e. The molecule has 0 spiro atoms. The number of carbonyl (C=O) groups is 2. The average molecular weight is 374 g/mol. The molecule has 27 heavy (non-hydrogen) atoms. The van der Waals surface area contributed by atoms with Crippen LogP contribution >= 0.6 is 0 Å². The van der Waals surface area contributed by atoms with Crippen LogP contribution in [0.1, 0.15) is 69.9 Å². The van der Waals surface area contributed by atoms with E-state index in [0.29, 0.717) is 31.2 Å². The van der Waals surface area contributed by atoms with Crippen LogP contribution in [-0.2, 0) is 9.59 Å². The summed E-state index contributed by atoms with van der Waals surface area (Å²) in [5.74, 6) is 0.303. The minimum atomic E-state index is -0.892. The summed E-state index contributed by atoms with van der Waals surface area (Å²) in [6, 6.07) is 6.17. The highest BCUT2D eigenvalue weighted by Gasteiger charge is 2.56. The van der Waals surface area contributed by atoms with Crippen LogP contribution in [0, 0.1) is 5.41 Å². The van der Waals surface area contributed by atoms with Gasteiger partial charge >= 0.3 is 0 Å². The van der Waals surface area contributed by atoms with E-state index in [0.717, 1.165) is 29.8 Å². The first kappa shape index (κ1) is 21.4. The molecule has 1 fully saturated rings. The standard InChI is InChI=1S/C22H35N3O2/c1-15(2)17-9-7-10-18(16(3)4)19(17)24-21(27)22(11-12-22)20(26)23-13-8-14-25(5)6/h7,9-10,15-16H,8,11-14H2,1-6H3,(H,23,26)(H,24,27). The third-order valence-corrected chi connectivity index (χ3v) is 5.30. The van der Waals surface area contributed by atoms with Gasteiger partial charge in [0.1, 0.15) is 5.41 Å². The quantitative estimate of drug-likeness (QED) is 0.512. The molecule has 0 bridgehead atoms. The van der Waals surface area contributed by atoms with Crippen molar-refractivity contribution >= 4 is 17.5 Å². The number of nitrogens with one attached hydrogen (secondary N) is 2. The van der Waals surface area contributed by atoms with Gasteiger partial charge in [0.15, 0.2) is 0 Å². The first-order chi connectivity index (χ1) is 12.7. The summed E-state index contributed by atoms with van der Waals surface area (Å²) < 4.78 is 0. The van der Waals surface area contributed by atoms with E-state index in [1.807, 2.05) is 20.2 Å². The third kappa shape index (κ3) is 5.10. The number of amides is 2. The molecule has 2 rings (SSSR count). The van der Waals surface area contributed by atoms with E-state index in [9.17, 15) is 9.59 Å². The SMILES string of the molecule is CC(C)c1cccc(C(C)C)c1NC(=O)C1(C(=O)NCCCN(C)C)CC1. The van der Waals surface area contributed by atoms with Crippen molar-refractivity contribution in [1.29, 1.82) is 0 Å². The topological polar surface area (TPSA) is 61.4 Å². The average Bonchev–Trinajstić information content (AvgIpc) is 3.40. The van der Waals surface area contributed by atoms with Gasteiger partial charge in [0, 0.05) is 12.2 Å². The normalized spacial score (nSPS) is 15.3.